The van der Waals surface area contributed by atoms with Crippen LogP contribution in [0.4, 0.5) is 8.78 Å². The molecule has 0 heterocycles. The maximum absolute atomic E-state index is 13.8. The molecular weight excluding hydrogens is 394 g/mol. The van der Waals surface area contributed by atoms with Gasteiger partial charge in [0.2, 0.25) is 10.0 Å². The van der Waals surface area contributed by atoms with Crippen LogP contribution in [0.5, 0.6) is 0 Å². The van der Waals surface area contributed by atoms with Gasteiger partial charge in [-0.05, 0) is 49.4 Å². The van der Waals surface area contributed by atoms with Crippen molar-refractivity contribution >= 4 is 21.9 Å². The smallest absolute Gasteiger partial charge is 0.341 e. The normalized spacial score (nSPS) is 11.1. The van der Waals surface area contributed by atoms with E-state index >= 15 is 0 Å². The molecule has 2 N–H and O–H groups in total. The first-order chi connectivity index (χ1) is 13.1. The highest BCUT2D eigenvalue weighted by Gasteiger charge is 2.20. The lowest BCUT2D eigenvalue weighted by Crippen LogP contribution is -2.28. The van der Waals surface area contributed by atoms with E-state index in [1.807, 2.05) is 4.72 Å². The second kappa shape index (κ2) is 8.89. The molecule has 2 aromatic carbocycles. The van der Waals surface area contributed by atoms with E-state index in [2.05, 4.69) is 5.32 Å². The summed E-state index contributed by atoms with van der Waals surface area (Å²) < 4.78 is 57.5. The zero-order valence-electron chi connectivity index (χ0n) is 15.1. The lowest BCUT2D eigenvalue weighted by Gasteiger charge is -2.09. The molecule has 2 rings (SSSR count). The van der Waals surface area contributed by atoms with Crippen LogP contribution >= 0.6 is 0 Å². The Morgan fingerprint density at radius 1 is 1.07 bits per heavy atom. The highest BCUT2D eigenvalue weighted by molar-refractivity contribution is 7.89. The third-order valence-corrected chi connectivity index (χ3v) is 5.21. The fourth-order valence-corrected chi connectivity index (χ4v) is 2.91. The number of amides is 1. The quantitative estimate of drug-likeness (QED) is 0.674. The van der Waals surface area contributed by atoms with Crippen LogP contribution in [0.15, 0.2) is 41.3 Å². The van der Waals surface area contributed by atoms with Gasteiger partial charge in [0.25, 0.3) is 5.91 Å². The summed E-state index contributed by atoms with van der Waals surface area (Å²) in [6.07, 6.45) is 0. The average Bonchev–Trinajstić information content (AvgIpc) is 2.67. The number of sulfonamides is 1. The highest BCUT2D eigenvalue weighted by atomic mass is 32.2. The molecule has 0 fully saturated rings. The maximum atomic E-state index is 13.8. The largest absolute Gasteiger partial charge is 0.452 e. The standard InChI is InChI=1S/C18H18F2N2O5S/c1-11-3-4-12(7-16(11)20)9-22-17(23)10-27-18(24)14-8-13(5-6-15(14)19)28(25,26)21-2/h3-8,21H,9-10H2,1-2H3,(H,22,23). The topological polar surface area (TPSA) is 102 Å². The summed E-state index contributed by atoms with van der Waals surface area (Å²) >= 11 is 0. The van der Waals surface area contributed by atoms with Crippen molar-refractivity contribution in [2.45, 2.75) is 18.4 Å². The molecule has 0 aliphatic rings. The van der Waals surface area contributed by atoms with Crippen LogP contribution in [0.2, 0.25) is 0 Å². The number of nitrogens with one attached hydrogen (secondary N) is 2. The molecule has 2 aromatic rings. The molecule has 7 nitrogen and oxygen atoms in total. The van der Waals surface area contributed by atoms with Crippen LogP contribution in [0, 0.1) is 18.6 Å². The third kappa shape index (κ3) is 5.33. The molecule has 10 heteroatoms. The zero-order chi connectivity index (χ0) is 20.9. The SMILES string of the molecule is CNS(=O)(=O)c1ccc(F)c(C(=O)OCC(=O)NCc2ccc(C)c(F)c2)c1. The van der Waals surface area contributed by atoms with E-state index in [1.54, 1.807) is 19.1 Å². The van der Waals surface area contributed by atoms with Crippen molar-refractivity contribution < 1.29 is 31.5 Å². The fourth-order valence-electron chi connectivity index (χ4n) is 2.15. The van der Waals surface area contributed by atoms with Gasteiger partial charge < -0.3 is 10.1 Å². The lowest BCUT2D eigenvalue weighted by atomic mass is 10.1. The van der Waals surface area contributed by atoms with Crippen LogP contribution in [0.25, 0.3) is 0 Å². The van der Waals surface area contributed by atoms with Gasteiger partial charge in [-0.15, -0.1) is 0 Å². The molecule has 1 amide bonds. The Balaban J connectivity index is 1.97. The van der Waals surface area contributed by atoms with Crippen molar-refractivity contribution in [2.24, 2.45) is 0 Å². The summed E-state index contributed by atoms with van der Waals surface area (Å²) in [4.78, 5) is 23.4. The molecule has 0 saturated heterocycles. The highest BCUT2D eigenvalue weighted by Crippen LogP contribution is 2.16. The average molecular weight is 412 g/mol. The molecule has 0 aliphatic carbocycles. The summed E-state index contributed by atoms with van der Waals surface area (Å²) in [6.45, 7) is 0.903. The maximum Gasteiger partial charge on any atom is 0.341 e. The van der Waals surface area contributed by atoms with Crippen molar-refractivity contribution in [2.75, 3.05) is 13.7 Å². The number of ether oxygens (including phenoxy) is 1. The van der Waals surface area contributed by atoms with Crippen LogP contribution in [0.1, 0.15) is 21.5 Å². The first kappa shape index (κ1) is 21.5. The molecule has 0 saturated carbocycles. The van der Waals surface area contributed by atoms with E-state index in [4.69, 9.17) is 4.74 Å². The molecule has 0 bridgehead atoms. The second-order valence-corrected chi connectivity index (χ2v) is 7.67. The Morgan fingerprint density at radius 3 is 2.43 bits per heavy atom. The van der Waals surface area contributed by atoms with Crippen molar-refractivity contribution in [3.05, 3.63) is 64.7 Å². The number of aryl methyl sites for hydroxylation is 1. The Morgan fingerprint density at radius 2 is 1.79 bits per heavy atom. The number of hydrogen-bond donors (Lipinski definition) is 2. The van der Waals surface area contributed by atoms with E-state index < -0.39 is 45.7 Å². The van der Waals surface area contributed by atoms with Gasteiger partial charge in [-0.25, -0.2) is 26.7 Å². The predicted molar refractivity (Wildman–Crippen MR) is 95.9 cm³/mol. The van der Waals surface area contributed by atoms with Crippen molar-refractivity contribution in [1.82, 2.24) is 10.0 Å². The number of carbonyl (C=O) groups excluding carboxylic acids is 2. The van der Waals surface area contributed by atoms with Gasteiger partial charge in [-0.3, -0.25) is 4.79 Å². The van der Waals surface area contributed by atoms with Crippen LogP contribution in [-0.2, 0) is 26.1 Å². The Kier molecular flexibility index (Phi) is 6.81. The summed E-state index contributed by atoms with van der Waals surface area (Å²) in [5.41, 5.74) is 0.358. The van der Waals surface area contributed by atoms with Crippen molar-refractivity contribution in [1.29, 1.82) is 0 Å². The monoisotopic (exact) mass is 412 g/mol. The first-order valence-electron chi connectivity index (χ1n) is 8.06. The molecule has 28 heavy (non-hydrogen) atoms. The van der Waals surface area contributed by atoms with E-state index in [-0.39, 0.29) is 11.4 Å². The van der Waals surface area contributed by atoms with Gasteiger partial charge in [0, 0.05) is 6.54 Å². The number of rotatable bonds is 7. The van der Waals surface area contributed by atoms with E-state index in [0.29, 0.717) is 11.1 Å². The molecule has 0 spiro atoms. The Hall–Kier alpha value is -2.85. The lowest BCUT2D eigenvalue weighted by molar-refractivity contribution is -0.124. The van der Waals surface area contributed by atoms with E-state index in [9.17, 15) is 26.8 Å². The minimum atomic E-state index is -3.88. The number of halogens is 2. The molecular formula is C18H18F2N2O5S. The number of benzene rings is 2. The van der Waals surface area contributed by atoms with Gasteiger partial charge in [-0.2, -0.15) is 0 Å². The molecule has 0 aliphatic heterocycles. The summed E-state index contributed by atoms with van der Waals surface area (Å²) in [7, 11) is -2.71. The molecule has 0 unspecified atom stereocenters. The molecule has 0 aromatic heterocycles. The third-order valence-electron chi connectivity index (χ3n) is 3.80. The van der Waals surface area contributed by atoms with E-state index in [0.717, 1.165) is 18.2 Å². The van der Waals surface area contributed by atoms with Crippen LogP contribution < -0.4 is 10.0 Å². The van der Waals surface area contributed by atoms with Crippen LogP contribution in [0.3, 0.4) is 0 Å². The van der Waals surface area contributed by atoms with Crippen molar-refractivity contribution in [3.63, 3.8) is 0 Å². The fraction of sp³-hybridized carbons (Fsp3) is 0.222. The molecule has 150 valence electrons. The Bertz CT molecular complexity index is 1010. The minimum Gasteiger partial charge on any atom is -0.452 e. The number of esters is 1. The first-order valence-corrected chi connectivity index (χ1v) is 9.54. The Labute approximate surface area is 160 Å². The van der Waals surface area contributed by atoms with Gasteiger partial charge >= 0.3 is 5.97 Å². The van der Waals surface area contributed by atoms with E-state index in [1.165, 1.54) is 13.1 Å². The summed E-state index contributed by atoms with van der Waals surface area (Å²) in [6, 6.07) is 7.08. The van der Waals surface area contributed by atoms with Gasteiger partial charge in [-0.1, -0.05) is 12.1 Å². The zero-order valence-corrected chi connectivity index (χ0v) is 15.9. The number of carbonyl (C=O) groups is 2. The van der Waals surface area contributed by atoms with Gasteiger partial charge in [0.15, 0.2) is 6.61 Å². The molecule has 0 radical (unpaired) electrons. The summed E-state index contributed by atoms with van der Waals surface area (Å²) in [5.74, 6) is -3.28. The van der Waals surface area contributed by atoms with Crippen molar-refractivity contribution in [3.8, 4) is 0 Å². The van der Waals surface area contributed by atoms with Gasteiger partial charge in [0.05, 0.1) is 10.5 Å². The number of hydrogen-bond acceptors (Lipinski definition) is 5. The summed E-state index contributed by atoms with van der Waals surface area (Å²) in [5, 5.41) is 2.43. The van der Waals surface area contributed by atoms with Crippen LogP contribution in [-0.4, -0.2) is 33.9 Å². The molecule has 0 atom stereocenters. The van der Waals surface area contributed by atoms with Gasteiger partial charge in [0.1, 0.15) is 11.6 Å². The minimum absolute atomic E-state index is 0.0117. The predicted octanol–water partition coefficient (Wildman–Crippen LogP) is 1.65. The second-order valence-electron chi connectivity index (χ2n) is 5.79.